The monoisotopic (exact) mass is 473 g/mol. The first-order valence-electron chi connectivity index (χ1n) is 9.79. The van der Waals surface area contributed by atoms with E-state index in [-0.39, 0.29) is 24.1 Å². The lowest BCUT2D eigenvalue weighted by Crippen LogP contribution is -2.08. The van der Waals surface area contributed by atoms with E-state index in [1.54, 1.807) is 32.9 Å². The Hall–Kier alpha value is -3.18. The number of Topliss-reactive ketones (excluding diaryl/α,β-unsaturated/α-hetero) is 1. The third kappa shape index (κ3) is 5.74. The number of carbonyl (C=O) groups is 3. The first-order chi connectivity index (χ1) is 15.3. The number of H-pyrrole nitrogens is 1. The van der Waals surface area contributed by atoms with E-state index in [4.69, 9.17) is 4.74 Å². The van der Waals surface area contributed by atoms with Crippen LogP contribution in [-0.2, 0) is 9.53 Å². The zero-order valence-corrected chi connectivity index (χ0v) is 19.7. The number of hydrogen-bond donors (Lipinski definition) is 3. The number of hydrogen-bond acceptors (Lipinski definition) is 9. The summed E-state index contributed by atoms with van der Waals surface area (Å²) in [6.07, 6.45) is 0. The van der Waals surface area contributed by atoms with Gasteiger partial charge in [-0.25, -0.2) is 4.79 Å². The molecule has 11 heteroatoms. The number of thioether (sulfide) groups is 1. The molecule has 168 valence electrons. The molecule has 3 N–H and O–H groups in total. The van der Waals surface area contributed by atoms with E-state index in [1.807, 2.05) is 12.1 Å². The molecular weight excluding hydrogens is 450 g/mol. The normalized spacial score (nSPS) is 10.6. The maximum atomic E-state index is 12.7. The number of carbonyl (C=O) groups excluding carboxylic acids is 3. The van der Waals surface area contributed by atoms with Crippen molar-refractivity contribution in [1.82, 2.24) is 15.2 Å². The van der Waals surface area contributed by atoms with Gasteiger partial charge in [0.2, 0.25) is 11.0 Å². The van der Waals surface area contributed by atoms with Crippen molar-refractivity contribution in [3.8, 4) is 0 Å². The Balaban J connectivity index is 1.62. The molecule has 0 atom stereocenters. The van der Waals surface area contributed by atoms with Crippen molar-refractivity contribution in [2.75, 3.05) is 23.0 Å². The Kier molecular flexibility index (Phi) is 7.65. The quantitative estimate of drug-likeness (QED) is 0.238. The fourth-order valence-electron chi connectivity index (χ4n) is 3.06. The molecule has 1 amide bonds. The molecule has 0 aliphatic carbocycles. The molecule has 0 aliphatic heterocycles. The number of anilines is 3. The highest BCUT2D eigenvalue weighted by Gasteiger charge is 2.23. The maximum Gasteiger partial charge on any atom is 0.340 e. The molecule has 2 aromatic heterocycles. The van der Waals surface area contributed by atoms with E-state index < -0.39 is 5.97 Å². The standard InChI is InChI=1S/C21H23N5O4S2/c1-5-30-19(29)17-11(2)18(22-12(17)3)16(28)10-31-21-26-25-20(32-21)24-15-8-6-7-14(9-15)23-13(4)27/h6-9,22H,5,10H2,1-4H3,(H,23,27)(H,24,25). The molecule has 3 rings (SSSR count). The van der Waals surface area contributed by atoms with Crippen LogP contribution in [0.1, 0.15) is 46.0 Å². The maximum absolute atomic E-state index is 12.7. The predicted molar refractivity (Wildman–Crippen MR) is 125 cm³/mol. The van der Waals surface area contributed by atoms with Gasteiger partial charge >= 0.3 is 5.97 Å². The number of ether oxygens (including phenoxy) is 1. The van der Waals surface area contributed by atoms with Crippen LogP contribution in [0.3, 0.4) is 0 Å². The van der Waals surface area contributed by atoms with Gasteiger partial charge in [0.25, 0.3) is 0 Å². The number of nitrogens with one attached hydrogen (secondary N) is 3. The molecular formula is C21H23N5O4S2. The molecule has 0 bridgehead atoms. The molecule has 1 aromatic carbocycles. The largest absolute Gasteiger partial charge is 0.462 e. The second-order valence-electron chi connectivity index (χ2n) is 6.82. The molecule has 0 spiro atoms. The van der Waals surface area contributed by atoms with Crippen molar-refractivity contribution in [2.45, 2.75) is 32.0 Å². The lowest BCUT2D eigenvalue weighted by atomic mass is 10.1. The van der Waals surface area contributed by atoms with Crippen LogP contribution < -0.4 is 10.6 Å². The number of rotatable bonds is 9. The Morgan fingerprint density at radius 2 is 1.94 bits per heavy atom. The topological polar surface area (TPSA) is 126 Å². The van der Waals surface area contributed by atoms with Crippen LogP contribution in [-0.4, -0.2) is 45.2 Å². The van der Waals surface area contributed by atoms with Gasteiger partial charge in [0, 0.05) is 24.0 Å². The van der Waals surface area contributed by atoms with Crippen molar-refractivity contribution in [1.29, 1.82) is 0 Å². The summed E-state index contributed by atoms with van der Waals surface area (Å²) in [6.45, 7) is 6.93. The summed E-state index contributed by atoms with van der Waals surface area (Å²) in [6, 6.07) is 7.24. The second-order valence-corrected chi connectivity index (χ2v) is 9.02. The Morgan fingerprint density at radius 3 is 2.66 bits per heavy atom. The molecule has 3 aromatic rings. The zero-order valence-electron chi connectivity index (χ0n) is 18.1. The molecule has 2 heterocycles. The predicted octanol–water partition coefficient (Wildman–Crippen LogP) is 4.34. The number of aryl methyl sites for hydroxylation is 1. The van der Waals surface area contributed by atoms with Crippen LogP contribution in [0.25, 0.3) is 0 Å². The molecule has 0 fully saturated rings. The van der Waals surface area contributed by atoms with Crippen molar-refractivity contribution < 1.29 is 19.1 Å². The third-order valence-electron chi connectivity index (χ3n) is 4.36. The minimum Gasteiger partial charge on any atom is -0.462 e. The van der Waals surface area contributed by atoms with Gasteiger partial charge in [-0.1, -0.05) is 29.2 Å². The Morgan fingerprint density at radius 1 is 1.19 bits per heavy atom. The Labute approximate surface area is 193 Å². The van der Waals surface area contributed by atoms with Gasteiger partial charge < -0.3 is 20.4 Å². The first-order valence-corrected chi connectivity index (χ1v) is 11.6. The van der Waals surface area contributed by atoms with E-state index >= 15 is 0 Å². The van der Waals surface area contributed by atoms with Gasteiger partial charge in [-0.05, 0) is 44.5 Å². The number of amides is 1. The number of nitrogens with zero attached hydrogens (tertiary/aromatic N) is 2. The fourth-order valence-corrected chi connectivity index (χ4v) is 4.70. The third-order valence-corrected chi connectivity index (χ3v) is 6.34. The van der Waals surface area contributed by atoms with Crippen LogP contribution in [0.5, 0.6) is 0 Å². The number of ketones is 1. The van der Waals surface area contributed by atoms with E-state index in [2.05, 4.69) is 25.8 Å². The summed E-state index contributed by atoms with van der Waals surface area (Å²) in [5, 5.41) is 14.6. The van der Waals surface area contributed by atoms with Gasteiger partial charge in [-0.3, -0.25) is 9.59 Å². The van der Waals surface area contributed by atoms with Crippen LogP contribution in [0.2, 0.25) is 0 Å². The van der Waals surface area contributed by atoms with E-state index in [1.165, 1.54) is 30.0 Å². The van der Waals surface area contributed by atoms with Crippen LogP contribution >= 0.6 is 23.1 Å². The number of benzene rings is 1. The molecule has 0 unspecified atom stereocenters. The van der Waals surface area contributed by atoms with Crippen LogP contribution in [0.15, 0.2) is 28.6 Å². The van der Waals surface area contributed by atoms with Gasteiger partial charge in [0.05, 0.1) is 23.6 Å². The van der Waals surface area contributed by atoms with E-state index in [0.717, 1.165) is 5.69 Å². The van der Waals surface area contributed by atoms with Gasteiger partial charge in [-0.15, -0.1) is 10.2 Å². The van der Waals surface area contributed by atoms with Crippen LogP contribution in [0, 0.1) is 13.8 Å². The average Bonchev–Trinajstić information content (AvgIpc) is 3.29. The molecule has 0 saturated carbocycles. The van der Waals surface area contributed by atoms with Crippen molar-refractivity contribution >= 4 is 57.3 Å². The summed E-state index contributed by atoms with van der Waals surface area (Å²) >= 11 is 2.59. The van der Waals surface area contributed by atoms with Crippen LogP contribution in [0.4, 0.5) is 16.5 Å². The molecule has 0 saturated heterocycles. The summed E-state index contributed by atoms with van der Waals surface area (Å²) in [7, 11) is 0. The van der Waals surface area contributed by atoms with E-state index in [9.17, 15) is 14.4 Å². The average molecular weight is 474 g/mol. The molecule has 9 nitrogen and oxygen atoms in total. The lowest BCUT2D eigenvalue weighted by Gasteiger charge is -2.05. The number of esters is 1. The van der Waals surface area contributed by atoms with Crippen molar-refractivity contribution in [2.24, 2.45) is 0 Å². The second kappa shape index (κ2) is 10.4. The fraction of sp³-hybridized carbons (Fsp3) is 0.286. The van der Waals surface area contributed by atoms with Crippen molar-refractivity contribution in [3.63, 3.8) is 0 Å². The summed E-state index contributed by atoms with van der Waals surface area (Å²) in [5.41, 5.74) is 3.43. The van der Waals surface area contributed by atoms with Crippen molar-refractivity contribution in [3.05, 3.63) is 46.8 Å². The highest BCUT2D eigenvalue weighted by atomic mass is 32.2. The van der Waals surface area contributed by atoms with E-state index in [0.29, 0.717) is 37.7 Å². The molecule has 32 heavy (non-hydrogen) atoms. The summed E-state index contributed by atoms with van der Waals surface area (Å²) < 4.78 is 5.70. The highest BCUT2D eigenvalue weighted by Crippen LogP contribution is 2.29. The Bertz CT molecular complexity index is 1160. The highest BCUT2D eigenvalue weighted by molar-refractivity contribution is 8.01. The zero-order chi connectivity index (χ0) is 23.3. The van der Waals surface area contributed by atoms with Gasteiger partial charge in [-0.2, -0.15) is 0 Å². The van der Waals surface area contributed by atoms with Gasteiger partial charge in [0.1, 0.15) is 0 Å². The summed E-state index contributed by atoms with van der Waals surface area (Å²) in [4.78, 5) is 39.1. The lowest BCUT2D eigenvalue weighted by molar-refractivity contribution is -0.114. The minimum atomic E-state index is -0.437. The first kappa shape index (κ1) is 23.5. The molecule has 0 aliphatic rings. The van der Waals surface area contributed by atoms with Gasteiger partial charge in [0.15, 0.2) is 10.1 Å². The number of aromatic nitrogens is 3. The minimum absolute atomic E-state index is 0.140. The number of aromatic amines is 1. The smallest absolute Gasteiger partial charge is 0.340 e. The molecule has 0 radical (unpaired) electrons. The SMILES string of the molecule is CCOC(=O)c1c(C)[nH]c(C(=O)CSc2nnc(Nc3cccc(NC(C)=O)c3)s2)c1C. The summed E-state index contributed by atoms with van der Waals surface area (Å²) in [5.74, 6) is -0.578.